The second kappa shape index (κ2) is 6.57. The van der Waals surface area contributed by atoms with Crippen LogP contribution in [-0.2, 0) is 4.79 Å². The van der Waals surface area contributed by atoms with Gasteiger partial charge in [0.05, 0.1) is 0 Å². The maximum Gasteiger partial charge on any atom is 0.328 e. The Morgan fingerprint density at radius 2 is 2.19 bits per heavy atom. The zero-order chi connectivity index (χ0) is 15.4. The first-order valence-electron chi connectivity index (χ1n) is 7.34. The Labute approximate surface area is 124 Å². The highest BCUT2D eigenvalue weighted by Gasteiger charge is 2.37. The molecule has 0 heterocycles. The number of aliphatic carboxylic acids is 1. The molecule has 0 spiro atoms. The van der Waals surface area contributed by atoms with Crippen LogP contribution in [0.2, 0.25) is 0 Å². The predicted molar refractivity (Wildman–Crippen MR) is 82.1 cm³/mol. The van der Waals surface area contributed by atoms with Crippen LogP contribution in [-0.4, -0.2) is 23.0 Å². The van der Waals surface area contributed by atoms with Crippen LogP contribution in [0.25, 0.3) is 6.08 Å². The molecule has 2 rings (SSSR count). The minimum absolute atomic E-state index is 0.0679. The molecular formula is C17H21NO3. The van der Waals surface area contributed by atoms with Gasteiger partial charge in [0.2, 0.25) is 0 Å². The lowest BCUT2D eigenvalue weighted by atomic mass is 10.0. The third-order valence-corrected chi connectivity index (χ3v) is 3.92. The molecule has 2 N–H and O–H groups in total. The fraction of sp³-hybridized carbons (Fsp3) is 0.412. The molecule has 112 valence electrons. The number of carbonyl (C=O) groups excluding carboxylic acids is 1. The molecule has 2 unspecified atom stereocenters. The van der Waals surface area contributed by atoms with E-state index in [0.717, 1.165) is 36.5 Å². The molecule has 0 saturated heterocycles. The number of rotatable bonds is 6. The monoisotopic (exact) mass is 287 g/mol. The first kappa shape index (κ1) is 15.3. The van der Waals surface area contributed by atoms with Crippen molar-refractivity contribution in [1.29, 1.82) is 0 Å². The van der Waals surface area contributed by atoms with Crippen LogP contribution >= 0.6 is 0 Å². The van der Waals surface area contributed by atoms with Crippen LogP contribution in [0.3, 0.4) is 0 Å². The van der Waals surface area contributed by atoms with Crippen LogP contribution in [0.1, 0.15) is 47.7 Å². The summed E-state index contributed by atoms with van der Waals surface area (Å²) in [7, 11) is 0. The minimum Gasteiger partial charge on any atom is -0.478 e. The molecule has 2 atom stereocenters. The molecule has 1 aliphatic rings. The van der Waals surface area contributed by atoms with Crippen molar-refractivity contribution < 1.29 is 14.7 Å². The van der Waals surface area contributed by atoms with E-state index in [9.17, 15) is 9.59 Å². The van der Waals surface area contributed by atoms with Gasteiger partial charge in [-0.05, 0) is 49.0 Å². The van der Waals surface area contributed by atoms with Crippen LogP contribution in [0.15, 0.2) is 24.3 Å². The van der Waals surface area contributed by atoms with Gasteiger partial charge < -0.3 is 10.4 Å². The van der Waals surface area contributed by atoms with Crippen molar-refractivity contribution in [2.75, 3.05) is 0 Å². The quantitative estimate of drug-likeness (QED) is 0.790. The summed E-state index contributed by atoms with van der Waals surface area (Å²) >= 11 is 0. The first-order valence-corrected chi connectivity index (χ1v) is 7.34. The summed E-state index contributed by atoms with van der Waals surface area (Å²) in [5, 5.41) is 11.7. The van der Waals surface area contributed by atoms with E-state index in [1.807, 2.05) is 13.0 Å². The second-order valence-corrected chi connectivity index (χ2v) is 5.56. The van der Waals surface area contributed by atoms with Gasteiger partial charge in [-0.2, -0.15) is 0 Å². The average molecular weight is 287 g/mol. The Kier molecular flexibility index (Phi) is 4.78. The van der Waals surface area contributed by atoms with Crippen LogP contribution in [0.4, 0.5) is 0 Å². The van der Waals surface area contributed by atoms with Crippen molar-refractivity contribution in [2.45, 2.75) is 39.2 Å². The Hall–Kier alpha value is -2.10. The van der Waals surface area contributed by atoms with Crippen molar-refractivity contribution in [3.63, 3.8) is 0 Å². The summed E-state index contributed by atoms with van der Waals surface area (Å²) in [6, 6.07) is 5.66. The molecule has 0 radical (unpaired) electrons. The summed E-state index contributed by atoms with van der Waals surface area (Å²) < 4.78 is 0. The van der Waals surface area contributed by atoms with Crippen molar-refractivity contribution in [3.8, 4) is 0 Å². The fourth-order valence-corrected chi connectivity index (χ4v) is 2.60. The summed E-state index contributed by atoms with van der Waals surface area (Å²) in [6.45, 7) is 3.99. The summed E-state index contributed by atoms with van der Waals surface area (Å²) in [4.78, 5) is 22.9. The smallest absolute Gasteiger partial charge is 0.328 e. The first-order chi connectivity index (χ1) is 10.0. The number of carbonyl (C=O) groups is 2. The minimum atomic E-state index is -0.996. The van der Waals surface area contributed by atoms with Gasteiger partial charge in [-0.3, -0.25) is 4.79 Å². The highest BCUT2D eigenvalue weighted by Crippen LogP contribution is 2.34. The van der Waals surface area contributed by atoms with Crippen molar-refractivity contribution in [3.05, 3.63) is 41.0 Å². The Morgan fingerprint density at radius 3 is 2.86 bits per heavy atom. The normalized spacial score (nSPS) is 20.5. The number of hydrogen-bond acceptors (Lipinski definition) is 2. The Morgan fingerprint density at radius 1 is 1.43 bits per heavy atom. The second-order valence-electron chi connectivity index (χ2n) is 5.56. The van der Waals surface area contributed by atoms with Gasteiger partial charge in [-0.25, -0.2) is 4.79 Å². The van der Waals surface area contributed by atoms with Gasteiger partial charge in [0.25, 0.3) is 5.91 Å². The molecule has 0 aromatic heterocycles. The number of carboxylic acid groups (broad SMARTS) is 1. The van der Waals surface area contributed by atoms with Gasteiger partial charge in [-0.15, -0.1) is 0 Å². The van der Waals surface area contributed by atoms with E-state index in [2.05, 4.69) is 12.2 Å². The van der Waals surface area contributed by atoms with E-state index in [-0.39, 0.29) is 5.91 Å². The third kappa shape index (κ3) is 3.94. The van der Waals surface area contributed by atoms with Crippen LogP contribution < -0.4 is 5.32 Å². The van der Waals surface area contributed by atoms with Gasteiger partial charge >= 0.3 is 5.97 Å². The zero-order valence-corrected chi connectivity index (χ0v) is 12.4. The fourth-order valence-electron chi connectivity index (χ4n) is 2.60. The van der Waals surface area contributed by atoms with Gasteiger partial charge in [0, 0.05) is 17.7 Å². The Balaban J connectivity index is 2.08. The lowest BCUT2D eigenvalue weighted by Crippen LogP contribution is -2.27. The van der Waals surface area contributed by atoms with E-state index in [4.69, 9.17) is 5.11 Å². The highest BCUT2D eigenvalue weighted by molar-refractivity contribution is 5.97. The SMILES string of the molecule is CCCC1CC1NC(=O)c1cccc(/C=C/C(=O)O)c1C. The van der Waals surface area contributed by atoms with E-state index in [1.165, 1.54) is 6.08 Å². The number of carboxylic acids is 1. The number of hydrogen-bond donors (Lipinski definition) is 2. The van der Waals surface area contributed by atoms with E-state index in [1.54, 1.807) is 12.1 Å². The largest absolute Gasteiger partial charge is 0.478 e. The van der Waals surface area contributed by atoms with Gasteiger partial charge in [0.15, 0.2) is 0 Å². The molecule has 4 nitrogen and oxygen atoms in total. The molecule has 21 heavy (non-hydrogen) atoms. The lowest BCUT2D eigenvalue weighted by molar-refractivity contribution is -0.131. The summed E-state index contributed by atoms with van der Waals surface area (Å²) in [5.41, 5.74) is 2.18. The molecule has 1 amide bonds. The standard InChI is InChI=1S/C17H21NO3/c1-3-5-13-10-15(13)18-17(21)14-7-4-6-12(11(14)2)8-9-16(19)20/h4,6-9,13,15H,3,5,10H2,1-2H3,(H,18,21)(H,19,20)/b9-8+. The summed E-state index contributed by atoms with van der Waals surface area (Å²) in [6.07, 6.45) is 5.97. The maximum absolute atomic E-state index is 12.3. The molecule has 1 aromatic carbocycles. The number of nitrogens with one attached hydrogen (secondary N) is 1. The molecule has 1 aliphatic carbocycles. The number of amides is 1. The Bertz CT molecular complexity index is 577. The van der Waals surface area contributed by atoms with Gasteiger partial charge in [-0.1, -0.05) is 25.5 Å². The number of benzene rings is 1. The van der Waals surface area contributed by atoms with Crippen LogP contribution in [0, 0.1) is 12.8 Å². The molecule has 0 bridgehead atoms. The van der Waals surface area contributed by atoms with E-state index >= 15 is 0 Å². The summed E-state index contributed by atoms with van der Waals surface area (Å²) in [5.74, 6) is -0.444. The van der Waals surface area contributed by atoms with E-state index in [0.29, 0.717) is 17.5 Å². The van der Waals surface area contributed by atoms with Crippen LogP contribution in [0.5, 0.6) is 0 Å². The van der Waals surface area contributed by atoms with Crippen molar-refractivity contribution in [2.24, 2.45) is 5.92 Å². The van der Waals surface area contributed by atoms with Gasteiger partial charge in [0.1, 0.15) is 0 Å². The third-order valence-electron chi connectivity index (χ3n) is 3.92. The molecule has 1 saturated carbocycles. The molecule has 1 fully saturated rings. The van der Waals surface area contributed by atoms with Crippen molar-refractivity contribution >= 4 is 18.0 Å². The highest BCUT2D eigenvalue weighted by atomic mass is 16.4. The molecule has 4 heteroatoms. The van der Waals surface area contributed by atoms with Crippen molar-refractivity contribution in [1.82, 2.24) is 5.32 Å². The zero-order valence-electron chi connectivity index (χ0n) is 12.4. The maximum atomic E-state index is 12.3. The van der Waals surface area contributed by atoms with E-state index < -0.39 is 5.97 Å². The lowest BCUT2D eigenvalue weighted by Gasteiger charge is -2.09. The molecule has 1 aromatic rings. The average Bonchev–Trinajstić information content (AvgIpc) is 3.15. The molecular weight excluding hydrogens is 266 g/mol. The predicted octanol–water partition coefficient (Wildman–Crippen LogP) is 3.01. The topological polar surface area (TPSA) is 66.4 Å². The molecule has 0 aliphatic heterocycles.